The van der Waals surface area contributed by atoms with Crippen LogP contribution in [0.2, 0.25) is 0 Å². The maximum atomic E-state index is 10.1. The van der Waals surface area contributed by atoms with Crippen LogP contribution in [0.3, 0.4) is 0 Å². The quantitative estimate of drug-likeness (QED) is 0.542. The summed E-state index contributed by atoms with van der Waals surface area (Å²) in [4.78, 5) is 7.20. The number of nitriles is 1. The van der Waals surface area contributed by atoms with Gasteiger partial charge in [0.1, 0.15) is 11.9 Å². The number of piperidine rings is 1. The molecule has 2 unspecified atom stereocenters. The lowest BCUT2D eigenvalue weighted by atomic mass is 9.99. The van der Waals surface area contributed by atoms with E-state index in [9.17, 15) is 10.4 Å². The number of aromatic nitrogens is 5. The van der Waals surface area contributed by atoms with Crippen molar-refractivity contribution >= 4 is 11.3 Å². The summed E-state index contributed by atoms with van der Waals surface area (Å²) in [6.45, 7) is 0. The van der Waals surface area contributed by atoms with Crippen molar-refractivity contribution in [2.75, 3.05) is 4.90 Å². The van der Waals surface area contributed by atoms with Gasteiger partial charge in [-0.25, -0.2) is 9.50 Å². The van der Waals surface area contributed by atoms with Crippen molar-refractivity contribution in [3.63, 3.8) is 0 Å². The number of aryl methyl sites for hydroxylation is 1. The summed E-state index contributed by atoms with van der Waals surface area (Å²) < 4.78 is 3.53. The van der Waals surface area contributed by atoms with Crippen LogP contribution in [-0.2, 0) is 7.05 Å². The number of hydrogen-bond acceptors (Lipinski definition) is 6. The Morgan fingerprint density at radius 2 is 1.81 bits per heavy atom. The van der Waals surface area contributed by atoms with Crippen LogP contribution >= 0.6 is 0 Å². The standard InChI is InChI=1S/C24H23N7O/c1-29-13-18(12-27-29)16-6-22(24-17(9-25)11-28-30(24)14-16)15-2-5-23(26-10-15)31-19-3-4-20(31)8-21(32)7-19/h2,5-6,10-14,19-21,32H,3-4,7-8H2,1H3. The fraction of sp³-hybridized carbons (Fsp3) is 0.333. The van der Waals surface area contributed by atoms with Crippen molar-refractivity contribution in [3.05, 3.63) is 54.7 Å². The average Bonchev–Trinajstić information content (AvgIpc) is 3.49. The summed E-state index contributed by atoms with van der Waals surface area (Å²) in [5.41, 5.74) is 5.11. The number of rotatable bonds is 3. The van der Waals surface area contributed by atoms with E-state index in [1.54, 1.807) is 15.4 Å². The summed E-state index contributed by atoms with van der Waals surface area (Å²) >= 11 is 0. The van der Waals surface area contributed by atoms with Crippen molar-refractivity contribution in [1.29, 1.82) is 5.26 Å². The van der Waals surface area contributed by atoms with E-state index in [1.165, 1.54) is 0 Å². The van der Waals surface area contributed by atoms with Gasteiger partial charge < -0.3 is 10.0 Å². The molecule has 6 heterocycles. The highest BCUT2D eigenvalue weighted by atomic mass is 16.3. The Morgan fingerprint density at radius 1 is 1.00 bits per heavy atom. The summed E-state index contributed by atoms with van der Waals surface area (Å²) in [5, 5.41) is 28.4. The Kier molecular flexibility index (Phi) is 4.26. The predicted octanol–water partition coefficient (Wildman–Crippen LogP) is 3.16. The topological polar surface area (TPSA) is 95.3 Å². The molecule has 8 nitrogen and oxygen atoms in total. The molecule has 1 N–H and O–H groups in total. The van der Waals surface area contributed by atoms with Gasteiger partial charge in [0.05, 0.1) is 29.6 Å². The van der Waals surface area contributed by atoms with Crippen LogP contribution in [0, 0.1) is 11.3 Å². The molecule has 2 fully saturated rings. The van der Waals surface area contributed by atoms with Gasteiger partial charge in [0.15, 0.2) is 0 Å². The van der Waals surface area contributed by atoms with Gasteiger partial charge in [-0.1, -0.05) is 0 Å². The zero-order valence-electron chi connectivity index (χ0n) is 17.8. The van der Waals surface area contributed by atoms with Crippen molar-refractivity contribution < 1.29 is 5.11 Å². The molecule has 2 saturated heterocycles. The van der Waals surface area contributed by atoms with Gasteiger partial charge in [-0.05, 0) is 43.9 Å². The molecule has 0 aliphatic carbocycles. The number of fused-ring (bicyclic) bond motifs is 3. The minimum Gasteiger partial charge on any atom is -0.393 e. The van der Waals surface area contributed by atoms with Crippen molar-refractivity contribution in [2.24, 2.45) is 7.05 Å². The van der Waals surface area contributed by atoms with E-state index in [1.807, 2.05) is 31.8 Å². The molecule has 6 rings (SSSR count). The second-order valence-electron chi connectivity index (χ2n) is 8.83. The molecule has 0 aromatic carbocycles. The lowest BCUT2D eigenvalue weighted by molar-refractivity contribution is 0.126. The molecule has 2 bridgehead atoms. The number of anilines is 1. The van der Waals surface area contributed by atoms with Gasteiger partial charge in [0.2, 0.25) is 0 Å². The van der Waals surface area contributed by atoms with E-state index in [2.05, 4.69) is 39.4 Å². The van der Waals surface area contributed by atoms with Crippen LogP contribution in [0.15, 0.2) is 49.2 Å². The Labute approximate surface area is 185 Å². The smallest absolute Gasteiger partial charge is 0.129 e. The number of hydrogen-bond donors (Lipinski definition) is 1. The molecule has 32 heavy (non-hydrogen) atoms. The first-order valence-corrected chi connectivity index (χ1v) is 10.9. The Hall–Kier alpha value is -3.70. The Balaban J connectivity index is 1.43. The van der Waals surface area contributed by atoms with E-state index in [0.717, 1.165) is 59.3 Å². The first kappa shape index (κ1) is 19.0. The second kappa shape index (κ2) is 7.18. The van der Waals surface area contributed by atoms with E-state index in [0.29, 0.717) is 17.6 Å². The molecule has 0 amide bonds. The zero-order valence-corrected chi connectivity index (χ0v) is 17.8. The number of aliphatic hydroxyl groups excluding tert-OH is 1. The molecule has 4 aromatic rings. The second-order valence-corrected chi connectivity index (χ2v) is 8.83. The minimum absolute atomic E-state index is 0.196. The van der Waals surface area contributed by atoms with Gasteiger partial charge in [0, 0.05) is 60.0 Å². The van der Waals surface area contributed by atoms with Crippen LogP contribution in [0.1, 0.15) is 31.2 Å². The third-order valence-electron chi connectivity index (χ3n) is 6.80. The first-order chi connectivity index (χ1) is 15.6. The summed E-state index contributed by atoms with van der Waals surface area (Å²) in [6, 6.07) is 9.20. The van der Waals surface area contributed by atoms with Gasteiger partial charge in [0.25, 0.3) is 0 Å². The Bertz CT molecular complexity index is 1330. The SMILES string of the molecule is Cn1cc(-c2cc(-c3ccc(N4C5CCC4CC(O)C5)nc3)c3c(C#N)cnn3c2)cn1. The highest BCUT2D eigenvalue weighted by molar-refractivity contribution is 5.87. The van der Waals surface area contributed by atoms with Crippen molar-refractivity contribution in [2.45, 2.75) is 43.9 Å². The third-order valence-corrected chi connectivity index (χ3v) is 6.80. The maximum Gasteiger partial charge on any atom is 0.129 e. The number of pyridine rings is 2. The highest BCUT2D eigenvalue weighted by Crippen LogP contribution is 2.39. The average molecular weight is 425 g/mol. The largest absolute Gasteiger partial charge is 0.393 e. The van der Waals surface area contributed by atoms with Gasteiger partial charge in [-0.3, -0.25) is 4.68 Å². The zero-order chi connectivity index (χ0) is 21.8. The molecule has 4 aromatic heterocycles. The molecule has 8 heteroatoms. The monoisotopic (exact) mass is 425 g/mol. The van der Waals surface area contributed by atoms with Gasteiger partial charge >= 0.3 is 0 Å². The number of nitrogens with zero attached hydrogens (tertiary/aromatic N) is 7. The van der Waals surface area contributed by atoms with Crippen LogP contribution in [0.4, 0.5) is 5.82 Å². The summed E-state index contributed by atoms with van der Waals surface area (Å²) in [7, 11) is 1.89. The number of aliphatic hydroxyl groups is 1. The Morgan fingerprint density at radius 3 is 2.47 bits per heavy atom. The van der Waals surface area contributed by atoms with Crippen molar-refractivity contribution in [1.82, 2.24) is 24.4 Å². The summed E-state index contributed by atoms with van der Waals surface area (Å²) in [6.07, 6.45) is 12.8. The molecule has 0 saturated carbocycles. The lowest BCUT2D eigenvalue weighted by Crippen LogP contribution is -2.45. The van der Waals surface area contributed by atoms with E-state index >= 15 is 0 Å². The van der Waals surface area contributed by atoms with Crippen LogP contribution in [0.25, 0.3) is 27.8 Å². The fourth-order valence-electron chi connectivity index (χ4n) is 5.37. The molecule has 2 atom stereocenters. The van der Waals surface area contributed by atoms with E-state index in [4.69, 9.17) is 4.98 Å². The van der Waals surface area contributed by atoms with Crippen LogP contribution in [-0.4, -0.2) is 47.7 Å². The van der Waals surface area contributed by atoms with Crippen LogP contribution < -0.4 is 4.90 Å². The molecular formula is C24H23N7O. The van der Waals surface area contributed by atoms with Gasteiger partial charge in [-0.15, -0.1) is 0 Å². The van der Waals surface area contributed by atoms with Crippen LogP contribution in [0.5, 0.6) is 0 Å². The summed E-state index contributed by atoms with van der Waals surface area (Å²) in [5.74, 6) is 0.960. The van der Waals surface area contributed by atoms with Gasteiger partial charge in [-0.2, -0.15) is 15.5 Å². The lowest BCUT2D eigenvalue weighted by Gasteiger charge is -2.38. The van der Waals surface area contributed by atoms with Crippen molar-refractivity contribution in [3.8, 4) is 28.3 Å². The molecule has 2 aliphatic rings. The molecule has 2 aliphatic heterocycles. The third kappa shape index (κ3) is 2.97. The molecule has 0 spiro atoms. The minimum atomic E-state index is -0.196. The molecule has 0 radical (unpaired) electrons. The highest BCUT2D eigenvalue weighted by Gasteiger charge is 2.40. The van der Waals surface area contributed by atoms with E-state index < -0.39 is 0 Å². The fourth-order valence-corrected chi connectivity index (χ4v) is 5.37. The normalized spacial score (nSPS) is 22.4. The predicted molar refractivity (Wildman–Crippen MR) is 120 cm³/mol. The first-order valence-electron chi connectivity index (χ1n) is 10.9. The molecule has 160 valence electrons. The molecular weight excluding hydrogens is 402 g/mol. The maximum absolute atomic E-state index is 10.1. The van der Waals surface area contributed by atoms with E-state index in [-0.39, 0.29) is 6.10 Å².